The molecule has 0 unspecified atom stereocenters. The van der Waals surface area contributed by atoms with Gasteiger partial charge in [0.1, 0.15) is 0 Å². The molecule has 0 radical (unpaired) electrons. The SMILES string of the molecule is CC(C)(C)C1(C(C)(C)C)Cc2ccncc2C1. The first-order chi connectivity index (χ1) is 7.67. The van der Waals surface area contributed by atoms with E-state index in [1.165, 1.54) is 24.0 Å². The van der Waals surface area contributed by atoms with Gasteiger partial charge in [-0.05, 0) is 46.3 Å². The number of nitrogens with zero attached hydrogens (tertiary/aromatic N) is 1. The van der Waals surface area contributed by atoms with Gasteiger partial charge in [-0.2, -0.15) is 0 Å². The molecule has 0 amide bonds. The number of hydrogen-bond donors (Lipinski definition) is 0. The van der Waals surface area contributed by atoms with Crippen molar-refractivity contribution in [2.45, 2.75) is 54.4 Å². The van der Waals surface area contributed by atoms with Crippen LogP contribution < -0.4 is 0 Å². The summed E-state index contributed by atoms with van der Waals surface area (Å²) in [7, 11) is 0. The van der Waals surface area contributed by atoms with E-state index in [4.69, 9.17) is 0 Å². The minimum Gasteiger partial charge on any atom is -0.264 e. The van der Waals surface area contributed by atoms with E-state index >= 15 is 0 Å². The Kier molecular flexibility index (Phi) is 2.65. The van der Waals surface area contributed by atoms with E-state index < -0.39 is 0 Å². The molecule has 1 heteroatoms. The van der Waals surface area contributed by atoms with Crippen LogP contribution >= 0.6 is 0 Å². The van der Waals surface area contributed by atoms with Crippen molar-refractivity contribution in [3.05, 3.63) is 29.6 Å². The zero-order chi connectivity index (χ0) is 12.9. The zero-order valence-corrected chi connectivity index (χ0v) is 12.1. The highest BCUT2D eigenvalue weighted by molar-refractivity contribution is 5.34. The van der Waals surface area contributed by atoms with Gasteiger partial charge in [-0.1, -0.05) is 41.5 Å². The molecule has 1 aliphatic carbocycles. The summed E-state index contributed by atoms with van der Waals surface area (Å²) in [5.41, 5.74) is 3.92. The number of pyridine rings is 1. The maximum Gasteiger partial charge on any atom is 0.0302 e. The Bertz CT molecular complexity index is 377. The molecule has 0 aromatic carbocycles. The smallest absolute Gasteiger partial charge is 0.0302 e. The normalized spacial score (nSPS) is 19.2. The van der Waals surface area contributed by atoms with Crippen molar-refractivity contribution in [2.24, 2.45) is 16.2 Å². The predicted molar refractivity (Wildman–Crippen MR) is 73.0 cm³/mol. The average Bonchev–Trinajstić information content (AvgIpc) is 2.55. The topological polar surface area (TPSA) is 12.9 Å². The summed E-state index contributed by atoms with van der Waals surface area (Å²) in [5.74, 6) is 0. The summed E-state index contributed by atoms with van der Waals surface area (Å²) in [6.45, 7) is 14.3. The van der Waals surface area contributed by atoms with Gasteiger partial charge in [0.05, 0.1) is 0 Å². The van der Waals surface area contributed by atoms with E-state index in [2.05, 4.69) is 58.8 Å². The third-order valence-electron chi connectivity index (χ3n) is 4.86. The first-order valence-corrected chi connectivity index (χ1v) is 6.59. The van der Waals surface area contributed by atoms with Gasteiger partial charge in [0.25, 0.3) is 0 Å². The monoisotopic (exact) mass is 231 g/mol. The Morgan fingerprint density at radius 2 is 1.47 bits per heavy atom. The van der Waals surface area contributed by atoms with Crippen LogP contribution in [0, 0.1) is 16.2 Å². The molecular weight excluding hydrogens is 206 g/mol. The van der Waals surface area contributed by atoms with Gasteiger partial charge in [0.2, 0.25) is 0 Å². The highest BCUT2D eigenvalue weighted by Gasteiger charge is 2.53. The van der Waals surface area contributed by atoms with Gasteiger partial charge in [0, 0.05) is 12.4 Å². The summed E-state index contributed by atoms with van der Waals surface area (Å²) in [6.07, 6.45) is 6.36. The van der Waals surface area contributed by atoms with Gasteiger partial charge in [0.15, 0.2) is 0 Å². The molecule has 0 spiro atoms. The van der Waals surface area contributed by atoms with Crippen molar-refractivity contribution in [1.29, 1.82) is 0 Å². The van der Waals surface area contributed by atoms with E-state index in [1.54, 1.807) is 0 Å². The van der Waals surface area contributed by atoms with E-state index in [-0.39, 0.29) is 0 Å². The number of rotatable bonds is 0. The third-order valence-corrected chi connectivity index (χ3v) is 4.86. The molecule has 0 saturated carbocycles. The molecule has 1 nitrogen and oxygen atoms in total. The summed E-state index contributed by atoms with van der Waals surface area (Å²) in [6, 6.07) is 2.20. The molecule has 0 bridgehead atoms. The zero-order valence-electron chi connectivity index (χ0n) is 12.1. The molecule has 0 aliphatic heterocycles. The summed E-state index contributed by atoms with van der Waals surface area (Å²) in [5, 5.41) is 0. The molecule has 1 aliphatic rings. The second kappa shape index (κ2) is 3.57. The third kappa shape index (κ3) is 1.80. The maximum atomic E-state index is 4.29. The minimum atomic E-state index is 0.310. The summed E-state index contributed by atoms with van der Waals surface area (Å²) >= 11 is 0. The molecule has 1 heterocycles. The molecule has 0 fully saturated rings. The Morgan fingerprint density at radius 1 is 0.941 bits per heavy atom. The van der Waals surface area contributed by atoms with Crippen LogP contribution in [0.4, 0.5) is 0 Å². The van der Waals surface area contributed by atoms with Crippen molar-refractivity contribution in [2.75, 3.05) is 0 Å². The number of fused-ring (bicyclic) bond motifs is 1. The van der Waals surface area contributed by atoms with Crippen LogP contribution in [0.1, 0.15) is 52.7 Å². The first-order valence-electron chi connectivity index (χ1n) is 6.59. The fourth-order valence-electron chi connectivity index (χ4n) is 3.69. The van der Waals surface area contributed by atoms with Gasteiger partial charge in [-0.15, -0.1) is 0 Å². The lowest BCUT2D eigenvalue weighted by atomic mass is 9.52. The van der Waals surface area contributed by atoms with Crippen LogP contribution in [0.3, 0.4) is 0 Å². The second-order valence-electron chi connectivity index (χ2n) is 7.58. The second-order valence-corrected chi connectivity index (χ2v) is 7.58. The lowest BCUT2D eigenvalue weighted by Gasteiger charge is -2.52. The molecular formula is C16H25N. The van der Waals surface area contributed by atoms with Crippen molar-refractivity contribution in [3.63, 3.8) is 0 Å². The summed E-state index contributed by atoms with van der Waals surface area (Å²) < 4.78 is 0. The highest BCUT2D eigenvalue weighted by atomic mass is 14.6. The average molecular weight is 231 g/mol. The van der Waals surface area contributed by atoms with E-state index in [9.17, 15) is 0 Å². The van der Waals surface area contributed by atoms with Crippen LogP contribution in [0.5, 0.6) is 0 Å². The van der Waals surface area contributed by atoms with E-state index in [0.29, 0.717) is 16.2 Å². The standard InChI is InChI=1S/C16H25N/c1-14(2,3)16(15(4,5)6)9-12-7-8-17-11-13(12)10-16/h7-8,11H,9-10H2,1-6H3. The maximum absolute atomic E-state index is 4.29. The largest absolute Gasteiger partial charge is 0.264 e. The van der Waals surface area contributed by atoms with Crippen LogP contribution in [-0.4, -0.2) is 4.98 Å². The van der Waals surface area contributed by atoms with Crippen molar-refractivity contribution < 1.29 is 0 Å². The number of aromatic nitrogens is 1. The van der Waals surface area contributed by atoms with Gasteiger partial charge in [-0.25, -0.2) is 0 Å². The Hall–Kier alpha value is -0.850. The lowest BCUT2D eigenvalue weighted by molar-refractivity contribution is -0.0221. The van der Waals surface area contributed by atoms with Gasteiger partial charge < -0.3 is 0 Å². The first kappa shape index (κ1) is 12.6. The highest BCUT2D eigenvalue weighted by Crippen LogP contribution is 2.58. The van der Waals surface area contributed by atoms with Gasteiger partial charge >= 0.3 is 0 Å². The molecule has 0 atom stereocenters. The quantitative estimate of drug-likeness (QED) is 0.650. The lowest BCUT2D eigenvalue weighted by Crippen LogP contribution is -2.47. The summed E-state index contributed by atoms with van der Waals surface area (Å²) in [4.78, 5) is 4.29. The minimum absolute atomic E-state index is 0.310. The fraction of sp³-hybridized carbons (Fsp3) is 0.688. The molecule has 2 rings (SSSR count). The van der Waals surface area contributed by atoms with Crippen LogP contribution in [0.25, 0.3) is 0 Å². The van der Waals surface area contributed by atoms with Crippen LogP contribution in [-0.2, 0) is 12.8 Å². The van der Waals surface area contributed by atoms with Crippen molar-refractivity contribution >= 4 is 0 Å². The Labute approximate surface area is 106 Å². The Morgan fingerprint density at radius 3 is 1.94 bits per heavy atom. The Balaban J connectivity index is 2.50. The molecule has 94 valence electrons. The molecule has 1 aromatic rings. The fourth-order valence-corrected chi connectivity index (χ4v) is 3.69. The van der Waals surface area contributed by atoms with Crippen LogP contribution in [0.15, 0.2) is 18.5 Å². The molecule has 0 N–H and O–H groups in total. The van der Waals surface area contributed by atoms with E-state index in [0.717, 1.165) is 0 Å². The molecule has 1 aromatic heterocycles. The van der Waals surface area contributed by atoms with Crippen LogP contribution in [0.2, 0.25) is 0 Å². The van der Waals surface area contributed by atoms with Gasteiger partial charge in [-0.3, -0.25) is 4.98 Å². The molecule has 0 saturated heterocycles. The number of hydrogen-bond acceptors (Lipinski definition) is 1. The van der Waals surface area contributed by atoms with Crippen molar-refractivity contribution in [3.8, 4) is 0 Å². The van der Waals surface area contributed by atoms with E-state index in [1.807, 2.05) is 6.20 Å². The van der Waals surface area contributed by atoms with Crippen molar-refractivity contribution in [1.82, 2.24) is 4.98 Å². The molecule has 17 heavy (non-hydrogen) atoms. The predicted octanol–water partition coefficient (Wildman–Crippen LogP) is 4.26.